The molecule has 3 rings (SSSR count). The molecule has 2 fully saturated rings. The van der Waals surface area contributed by atoms with E-state index in [1.54, 1.807) is 0 Å². The van der Waals surface area contributed by atoms with Gasteiger partial charge in [0.15, 0.2) is 10.9 Å². The molecular formula is C20H28ClN3O2S. The van der Waals surface area contributed by atoms with Gasteiger partial charge in [0.1, 0.15) is 5.54 Å². The van der Waals surface area contributed by atoms with Gasteiger partial charge in [0.05, 0.1) is 13.2 Å². The van der Waals surface area contributed by atoms with Crippen LogP contribution in [0.4, 0.5) is 0 Å². The fourth-order valence-corrected chi connectivity index (χ4v) is 4.62. The SMILES string of the molecule is CN(C(=S)NCCN1CCOCC1)[C@@]1(c2ccccc2Cl)CCCCC1=O. The van der Waals surface area contributed by atoms with Gasteiger partial charge in [-0.3, -0.25) is 9.69 Å². The largest absolute Gasteiger partial charge is 0.379 e. The van der Waals surface area contributed by atoms with Crippen LogP contribution in [0.3, 0.4) is 0 Å². The quantitative estimate of drug-likeness (QED) is 0.754. The van der Waals surface area contributed by atoms with Crippen molar-refractivity contribution in [1.29, 1.82) is 0 Å². The summed E-state index contributed by atoms with van der Waals surface area (Å²) in [6.45, 7) is 5.13. The molecule has 0 amide bonds. The number of thiocarbonyl (C=S) groups is 1. The summed E-state index contributed by atoms with van der Waals surface area (Å²) in [6, 6.07) is 7.64. The van der Waals surface area contributed by atoms with Crippen LogP contribution < -0.4 is 5.32 Å². The van der Waals surface area contributed by atoms with E-state index >= 15 is 0 Å². The standard InChI is InChI=1S/C20H28ClN3O2S/c1-23(19(27)22-10-11-24-12-14-26-15-13-24)20(9-5-4-8-18(20)25)16-6-2-3-7-17(16)21/h2-3,6-7H,4-5,8-15H2,1H3,(H,22,27)/t20-/m1/s1. The number of nitrogens with zero attached hydrogens (tertiary/aromatic N) is 2. The summed E-state index contributed by atoms with van der Waals surface area (Å²) in [4.78, 5) is 17.4. The second kappa shape index (κ2) is 9.32. The molecular weight excluding hydrogens is 382 g/mol. The number of rotatable bonds is 5. The molecule has 1 saturated carbocycles. The summed E-state index contributed by atoms with van der Waals surface area (Å²) in [7, 11) is 1.91. The summed E-state index contributed by atoms with van der Waals surface area (Å²) in [5.74, 6) is 0.196. The van der Waals surface area contributed by atoms with Gasteiger partial charge in [-0.05, 0) is 37.5 Å². The van der Waals surface area contributed by atoms with Gasteiger partial charge in [0.25, 0.3) is 0 Å². The Hall–Kier alpha value is -1.21. The smallest absolute Gasteiger partial charge is 0.169 e. The Labute approximate surface area is 172 Å². The minimum absolute atomic E-state index is 0.196. The van der Waals surface area contributed by atoms with Gasteiger partial charge >= 0.3 is 0 Å². The predicted molar refractivity (Wildman–Crippen MR) is 112 cm³/mol. The van der Waals surface area contributed by atoms with Crippen LogP contribution in [0, 0.1) is 0 Å². The van der Waals surface area contributed by atoms with Gasteiger partial charge in [0, 0.05) is 50.2 Å². The molecule has 1 atom stereocenters. The van der Waals surface area contributed by atoms with E-state index in [4.69, 9.17) is 28.6 Å². The molecule has 1 aliphatic heterocycles. The second-order valence-corrected chi connectivity index (χ2v) is 8.01. The third-order valence-electron chi connectivity index (χ3n) is 5.66. The maximum absolute atomic E-state index is 13.1. The van der Waals surface area contributed by atoms with E-state index < -0.39 is 5.54 Å². The number of halogens is 1. The van der Waals surface area contributed by atoms with E-state index in [2.05, 4.69) is 10.2 Å². The lowest BCUT2D eigenvalue weighted by atomic mass is 9.74. The summed E-state index contributed by atoms with van der Waals surface area (Å²) in [6.07, 6.45) is 3.21. The van der Waals surface area contributed by atoms with Crippen LogP contribution in [-0.2, 0) is 15.1 Å². The minimum Gasteiger partial charge on any atom is -0.379 e. The van der Waals surface area contributed by atoms with E-state index in [9.17, 15) is 4.79 Å². The third kappa shape index (κ3) is 4.45. The zero-order valence-electron chi connectivity index (χ0n) is 15.9. The molecule has 1 heterocycles. The number of carbonyl (C=O) groups excluding carboxylic acids is 1. The lowest BCUT2D eigenvalue weighted by molar-refractivity contribution is -0.131. The van der Waals surface area contributed by atoms with Crippen LogP contribution in [0.15, 0.2) is 24.3 Å². The Morgan fingerprint density at radius 1 is 1.33 bits per heavy atom. The zero-order valence-corrected chi connectivity index (χ0v) is 17.5. The molecule has 1 N–H and O–H groups in total. The van der Waals surface area contributed by atoms with Crippen LogP contribution in [0.1, 0.15) is 31.2 Å². The van der Waals surface area contributed by atoms with Crippen molar-refractivity contribution in [3.63, 3.8) is 0 Å². The molecule has 1 aromatic carbocycles. The molecule has 0 radical (unpaired) electrons. The molecule has 1 saturated heterocycles. The lowest BCUT2D eigenvalue weighted by Crippen LogP contribution is -2.57. The van der Waals surface area contributed by atoms with Crippen LogP contribution in [0.25, 0.3) is 0 Å². The van der Waals surface area contributed by atoms with Gasteiger partial charge < -0.3 is 15.0 Å². The van der Waals surface area contributed by atoms with E-state index in [0.29, 0.717) is 16.6 Å². The van der Waals surface area contributed by atoms with Crippen molar-refractivity contribution in [3.05, 3.63) is 34.9 Å². The highest BCUT2D eigenvalue weighted by Gasteiger charge is 2.47. The number of nitrogens with one attached hydrogen (secondary N) is 1. The number of carbonyl (C=O) groups is 1. The fourth-order valence-electron chi connectivity index (χ4n) is 4.07. The highest BCUT2D eigenvalue weighted by Crippen LogP contribution is 2.42. The maximum Gasteiger partial charge on any atom is 0.169 e. The maximum atomic E-state index is 13.1. The first-order valence-electron chi connectivity index (χ1n) is 9.66. The molecule has 0 bridgehead atoms. The molecule has 0 aromatic heterocycles. The van der Waals surface area contributed by atoms with Crippen molar-refractivity contribution < 1.29 is 9.53 Å². The average molecular weight is 410 g/mol. The van der Waals surface area contributed by atoms with E-state index in [1.165, 1.54) is 0 Å². The number of Topliss-reactive ketones (excluding diaryl/α,β-unsaturated/α-hetero) is 1. The number of hydrogen-bond donors (Lipinski definition) is 1. The van der Waals surface area contributed by atoms with Gasteiger partial charge in [-0.25, -0.2) is 0 Å². The molecule has 27 heavy (non-hydrogen) atoms. The molecule has 2 aliphatic rings. The highest BCUT2D eigenvalue weighted by molar-refractivity contribution is 7.80. The molecule has 1 aliphatic carbocycles. The summed E-state index contributed by atoms with van der Waals surface area (Å²) in [5, 5.41) is 4.56. The van der Waals surface area contributed by atoms with E-state index in [0.717, 1.165) is 64.2 Å². The molecule has 0 spiro atoms. The van der Waals surface area contributed by atoms with Crippen LogP contribution in [0.5, 0.6) is 0 Å². The van der Waals surface area contributed by atoms with Crippen molar-refractivity contribution in [2.45, 2.75) is 31.2 Å². The zero-order chi connectivity index (χ0) is 19.3. The number of hydrogen-bond acceptors (Lipinski definition) is 4. The number of ketones is 1. The number of ether oxygens (including phenoxy) is 1. The van der Waals surface area contributed by atoms with Crippen LogP contribution in [-0.4, -0.2) is 67.1 Å². The Bertz CT molecular complexity index is 681. The monoisotopic (exact) mass is 409 g/mol. The first-order chi connectivity index (χ1) is 13.1. The molecule has 7 heteroatoms. The summed E-state index contributed by atoms with van der Waals surface area (Å²) >= 11 is 12.2. The topological polar surface area (TPSA) is 44.8 Å². The number of morpholine rings is 1. The Morgan fingerprint density at radius 2 is 2.07 bits per heavy atom. The number of benzene rings is 1. The molecule has 1 aromatic rings. The van der Waals surface area contributed by atoms with Crippen molar-refractivity contribution in [1.82, 2.24) is 15.1 Å². The predicted octanol–water partition coefficient (Wildman–Crippen LogP) is 2.82. The van der Waals surface area contributed by atoms with Gasteiger partial charge in [-0.1, -0.05) is 29.8 Å². The average Bonchev–Trinajstić information content (AvgIpc) is 2.69. The van der Waals surface area contributed by atoms with Crippen molar-refractivity contribution in [2.24, 2.45) is 0 Å². The van der Waals surface area contributed by atoms with Gasteiger partial charge in [0.2, 0.25) is 0 Å². The Kier molecular flexibility index (Phi) is 7.09. The van der Waals surface area contributed by atoms with E-state index in [1.807, 2.05) is 36.2 Å². The highest BCUT2D eigenvalue weighted by atomic mass is 35.5. The van der Waals surface area contributed by atoms with E-state index in [-0.39, 0.29) is 5.78 Å². The second-order valence-electron chi connectivity index (χ2n) is 7.22. The van der Waals surface area contributed by atoms with Gasteiger partial charge in [-0.15, -0.1) is 0 Å². The first kappa shape index (κ1) is 20.5. The summed E-state index contributed by atoms with van der Waals surface area (Å²) < 4.78 is 5.38. The minimum atomic E-state index is -0.778. The number of likely N-dealkylation sites (N-methyl/N-ethyl adjacent to an activating group) is 1. The molecule has 148 valence electrons. The van der Waals surface area contributed by atoms with Gasteiger partial charge in [-0.2, -0.15) is 0 Å². The third-order valence-corrected chi connectivity index (χ3v) is 6.41. The molecule has 0 unspecified atom stereocenters. The Balaban J connectivity index is 1.73. The normalized spacial score (nSPS) is 23.9. The van der Waals surface area contributed by atoms with Crippen molar-refractivity contribution in [2.75, 3.05) is 46.4 Å². The fraction of sp³-hybridized carbons (Fsp3) is 0.600. The summed E-state index contributed by atoms with van der Waals surface area (Å²) in [5.41, 5.74) is 0.0795. The first-order valence-corrected chi connectivity index (χ1v) is 10.4. The Morgan fingerprint density at radius 3 is 2.78 bits per heavy atom. The lowest BCUT2D eigenvalue weighted by Gasteiger charge is -2.45. The van der Waals surface area contributed by atoms with Crippen LogP contribution in [0.2, 0.25) is 5.02 Å². The van der Waals surface area contributed by atoms with Crippen molar-refractivity contribution in [3.8, 4) is 0 Å². The van der Waals surface area contributed by atoms with Crippen LogP contribution >= 0.6 is 23.8 Å². The molecule has 5 nitrogen and oxygen atoms in total. The van der Waals surface area contributed by atoms with Crippen molar-refractivity contribution >= 4 is 34.7 Å².